The van der Waals surface area contributed by atoms with Crippen molar-refractivity contribution >= 4 is 5.57 Å². The summed E-state index contributed by atoms with van der Waals surface area (Å²) in [5.74, 6) is 0. The van der Waals surface area contributed by atoms with Crippen LogP contribution in [0.2, 0.25) is 0 Å². The van der Waals surface area contributed by atoms with Crippen LogP contribution >= 0.6 is 0 Å². The van der Waals surface area contributed by atoms with E-state index >= 15 is 0 Å². The maximum atomic E-state index is 9.26. The molecule has 0 radical (unpaired) electrons. The molecule has 0 aromatic heterocycles. The Balaban J connectivity index is 3.19. The van der Waals surface area contributed by atoms with E-state index in [1.54, 1.807) is 0 Å². The average molecular weight is 238 g/mol. The van der Waals surface area contributed by atoms with Crippen molar-refractivity contribution in [3.05, 3.63) is 41.0 Å². The molecule has 1 rings (SSSR count). The second-order valence-corrected chi connectivity index (χ2v) is 4.26. The molecule has 0 aliphatic heterocycles. The third-order valence-electron chi connectivity index (χ3n) is 2.86. The van der Waals surface area contributed by atoms with E-state index in [1.807, 2.05) is 24.3 Å². The summed E-state index contributed by atoms with van der Waals surface area (Å²) < 4.78 is 0. The van der Waals surface area contributed by atoms with E-state index < -0.39 is 0 Å². The van der Waals surface area contributed by atoms with Gasteiger partial charge in [-0.2, -0.15) is 10.5 Å². The van der Waals surface area contributed by atoms with Crippen molar-refractivity contribution < 1.29 is 0 Å². The van der Waals surface area contributed by atoms with Crippen LogP contribution in [0.15, 0.2) is 29.8 Å². The van der Waals surface area contributed by atoms with Crippen molar-refractivity contribution in [2.24, 2.45) is 0 Å². The summed E-state index contributed by atoms with van der Waals surface area (Å²) in [5, 5.41) is 18.1. The van der Waals surface area contributed by atoms with Gasteiger partial charge in [0.1, 0.15) is 0 Å². The molecule has 0 heterocycles. The largest absolute Gasteiger partial charge is 0.193 e. The molecule has 0 unspecified atom stereocenters. The minimum Gasteiger partial charge on any atom is -0.193 e. The first kappa shape index (κ1) is 14.0. The lowest BCUT2D eigenvalue weighted by molar-refractivity contribution is 0.908. The third-order valence-corrected chi connectivity index (χ3v) is 2.86. The molecule has 92 valence electrons. The van der Waals surface area contributed by atoms with Crippen LogP contribution < -0.4 is 0 Å². The number of hydrogen-bond acceptors (Lipinski definition) is 2. The van der Waals surface area contributed by atoms with E-state index in [2.05, 4.69) is 26.0 Å². The molecule has 0 aliphatic carbocycles. The Labute approximate surface area is 109 Å². The van der Waals surface area contributed by atoms with Crippen molar-refractivity contribution in [3.8, 4) is 12.1 Å². The molecule has 0 amide bonds. The van der Waals surface area contributed by atoms with E-state index in [1.165, 1.54) is 0 Å². The van der Waals surface area contributed by atoms with Crippen LogP contribution in [0.4, 0.5) is 0 Å². The van der Waals surface area contributed by atoms with Gasteiger partial charge in [0.2, 0.25) is 0 Å². The zero-order chi connectivity index (χ0) is 13.4. The molecule has 0 saturated carbocycles. The van der Waals surface area contributed by atoms with Gasteiger partial charge in [0, 0.05) is 5.57 Å². The topological polar surface area (TPSA) is 47.6 Å². The Kier molecular flexibility index (Phi) is 5.68. The Morgan fingerprint density at radius 1 is 1.00 bits per heavy atom. The van der Waals surface area contributed by atoms with Gasteiger partial charge in [-0.3, -0.25) is 0 Å². The second-order valence-electron chi connectivity index (χ2n) is 4.26. The van der Waals surface area contributed by atoms with Crippen LogP contribution in [0.3, 0.4) is 0 Å². The molecular weight excluding hydrogens is 220 g/mol. The minimum absolute atomic E-state index is 0.656. The highest BCUT2D eigenvalue weighted by Gasteiger charge is 2.08. The van der Waals surface area contributed by atoms with Gasteiger partial charge in [-0.1, -0.05) is 38.8 Å². The number of hydrogen-bond donors (Lipinski definition) is 0. The van der Waals surface area contributed by atoms with E-state index in [0.717, 1.165) is 42.4 Å². The molecule has 2 heteroatoms. The van der Waals surface area contributed by atoms with Crippen molar-refractivity contribution in [1.29, 1.82) is 10.5 Å². The molecule has 18 heavy (non-hydrogen) atoms. The molecular formula is C16H18N2. The van der Waals surface area contributed by atoms with Crippen molar-refractivity contribution in [1.82, 2.24) is 0 Å². The molecule has 0 aliphatic rings. The fourth-order valence-corrected chi connectivity index (χ4v) is 1.99. The van der Waals surface area contributed by atoms with E-state index in [-0.39, 0.29) is 0 Å². The highest BCUT2D eigenvalue weighted by molar-refractivity contribution is 5.72. The molecule has 1 aromatic carbocycles. The molecule has 0 atom stereocenters. The molecule has 0 spiro atoms. The first-order chi connectivity index (χ1) is 8.76. The number of allylic oxidation sites excluding steroid dienone is 2. The predicted molar refractivity (Wildman–Crippen MR) is 73.5 cm³/mol. The maximum Gasteiger partial charge on any atom is 0.0991 e. The van der Waals surface area contributed by atoms with Gasteiger partial charge in [-0.15, -0.1) is 0 Å². The van der Waals surface area contributed by atoms with Crippen LogP contribution in [-0.4, -0.2) is 0 Å². The van der Waals surface area contributed by atoms with Crippen molar-refractivity contribution in [2.45, 2.75) is 39.5 Å². The number of nitrogens with zero attached hydrogens (tertiary/aromatic N) is 2. The van der Waals surface area contributed by atoms with Gasteiger partial charge >= 0.3 is 0 Å². The summed E-state index contributed by atoms with van der Waals surface area (Å²) in [6.45, 7) is 4.20. The molecule has 1 aromatic rings. The highest BCUT2D eigenvalue weighted by Crippen LogP contribution is 2.26. The van der Waals surface area contributed by atoms with Gasteiger partial charge < -0.3 is 0 Å². The number of nitriles is 2. The Hall–Kier alpha value is -2.06. The lowest BCUT2D eigenvalue weighted by atomic mass is 9.93. The normalized spacial score (nSPS) is 11.3. The summed E-state index contributed by atoms with van der Waals surface area (Å²) in [6, 6.07) is 11.9. The first-order valence-corrected chi connectivity index (χ1v) is 6.39. The van der Waals surface area contributed by atoms with Gasteiger partial charge in [-0.05, 0) is 36.1 Å². The van der Waals surface area contributed by atoms with Gasteiger partial charge in [0.25, 0.3) is 0 Å². The first-order valence-electron chi connectivity index (χ1n) is 6.39. The monoisotopic (exact) mass is 238 g/mol. The zero-order valence-corrected chi connectivity index (χ0v) is 11.0. The molecule has 2 nitrogen and oxygen atoms in total. The fourth-order valence-electron chi connectivity index (χ4n) is 1.99. The Morgan fingerprint density at radius 3 is 2.06 bits per heavy atom. The van der Waals surface area contributed by atoms with Crippen molar-refractivity contribution in [2.75, 3.05) is 0 Å². The lowest BCUT2D eigenvalue weighted by Gasteiger charge is -2.10. The Morgan fingerprint density at radius 2 is 1.61 bits per heavy atom. The molecule has 0 saturated heterocycles. The number of benzene rings is 1. The van der Waals surface area contributed by atoms with E-state index in [0.29, 0.717) is 5.56 Å². The lowest BCUT2D eigenvalue weighted by Crippen LogP contribution is -1.92. The average Bonchev–Trinajstić information content (AvgIpc) is 2.43. The molecule has 0 bridgehead atoms. The zero-order valence-electron chi connectivity index (χ0n) is 11.0. The van der Waals surface area contributed by atoms with Crippen LogP contribution in [-0.2, 0) is 0 Å². The predicted octanol–water partition coefficient (Wildman–Crippen LogP) is 4.44. The van der Waals surface area contributed by atoms with Gasteiger partial charge in [0.15, 0.2) is 0 Å². The standard InChI is InChI=1S/C16H18N2/c1-3-5-15(12-18)16(6-4-2)14-9-7-13(11-17)8-10-14/h7-10H,3-6H2,1-2H3/b16-15-. The summed E-state index contributed by atoms with van der Waals surface area (Å²) in [5.41, 5.74) is 3.74. The summed E-state index contributed by atoms with van der Waals surface area (Å²) in [4.78, 5) is 0. The van der Waals surface area contributed by atoms with Gasteiger partial charge in [0.05, 0.1) is 17.7 Å². The third kappa shape index (κ3) is 3.47. The molecule has 0 N–H and O–H groups in total. The fraction of sp³-hybridized carbons (Fsp3) is 0.375. The van der Waals surface area contributed by atoms with Crippen LogP contribution in [0.1, 0.15) is 50.7 Å². The highest BCUT2D eigenvalue weighted by atomic mass is 14.3. The maximum absolute atomic E-state index is 9.26. The SMILES string of the molecule is CCC/C(C#N)=C(\CCC)c1ccc(C#N)cc1. The summed E-state index contributed by atoms with van der Waals surface area (Å²) in [7, 11) is 0. The Bertz CT molecular complexity index is 495. The summed E-state index contributed by atoms with van der Waals surface area (Å²) in [6.07, 6.45) is 3.73. The van der Waals surface area contributed by atoms with Gasteiger partial charge in [-0.25, -0.2) is 0 Å². The minimum atomic E-state index is 0.656. The smallest absolute Gasteiger partial charge is 0.0991 e. The van der Waals surface area contributed by atoms with Crippen LogP contribution in [0, 0.1) is 22.7 Å². The van der Waals surface area contributed by atoms with Crippen LogP contribution in [0.25, 0.3) is 5.57 Å². The quantitative estimate of drug-likeness (QED) is 0.712. The second kappa shape index (κ2) is 7.30. The van der Waals surface area contributed by atoms with E-state index in [4.69, 9.17) is 5.26 Å². The van der Waals surface area contributed by atoms with Crippen molar-refractivity contribution in [3.63, 3.8) is 0 Å². The van der Waals surface area contributed by atoms with E-state index in [9.17, 15) is 5.26 Å². The van der Waals surface area contributed by atoms with Crippen LogP contribution in [0.5, 0.6) is 0 Å². The molecule has 0 fully saturated rings. The summed E-state index contributed by atoms with van der Waals surface area (Å²) >= 11 is 0. The number of rotatable bonds is 5.